The highest BCUT2D eigenvalue weighted by Crippen LogP contribution is 2.26. The predicted molar refractivity (Wildman–Crippen MR) is 67.9 cm³/mol. The number of nitrogens with zero attached hydrogens (tertiary/aromatic N) is 3. The van der Waals surface area contributed by atoms with Crippen LogP contribution in [-0.4, -0.2) is 15.3 Å². The summed E-state index contributed by atoms with van der Waals surface area (Å²) in [4.78, 5) is 4.22. The monoisotopic (exact) mass is 276 g/mol. The van der Waals surface area contributed by atoms with Gasteiger partial charge in [0.2, 0.25) is 5.65 Å². The number of benzene rings is 1. The van der Waals surface area contributed by atoms with Gasteiger partial charge < -0.3 is 5.73 Å². The Morgan fingerprint density at radius 3 is 2.75 bits per heavy atom. The lowest BCUT2D eigenvalue weighted by Gasteiger charge is -2.09. The highest BCUT2D eigenvalue weighted by Gasteiger charge is 2.15. The highest BCUT2D eigenvalue weighted by molar-refractivity contribution is 5.85. The van der Waals surface area contributed by atoms with Crippen LogP contribution in [0.4, 0.5) is 14.5 Å². The zero-order valence-electron chi connectivity index (χ0n) is 10.5. The summed E-state index contributed by atoms with van der Waals surface area (Å²) >= 11 is 0. The van der Waals surface area contributed by atoms with Crippen molar-refractivity contribution in [3.63, 3.8) is 0 Å². The van der Waals surface area contributed by atoms with Crippen molar-refractivity contribution in [3.05, 3.63) is 46.7 Å². The van der Waals surface area contributed by atoms with Crippen LogP contribution < -0.4 is 5.73 Å². The van der Waals surface area contributed by atoms with Gasteiger partial charge in [-0.3, -0.25) is 0 Å². The number of aromatic nitrogens is 3. The van der Waals surface area contributed by atoms with E-state index in [2.05, 4.69) is 19.9 Å². The lowest BCUT2D eigenvalue weighted by molar-refractivity contribution is 0.315. The van der Waals surface area contributed by atoms with Crippen molar-refractivity contribution in [2.24, 2.45) is 0 Å². The molecule has 2 N–H and O–H groups in total. The Hall–Kier alpha value is -2.57. The molecule has 102 valence electrons. The third-order valence-electron chi connectivity index (χ3n) is 3.13. The Bertz CT molecular complexity index is 800. The van der Waals surface area contributed by atoms with Gasteiger partial charge in [-0.2, -0.15) is 0 Å². The van der Waals surface area contributed by atoms with Crippen molar-refractivity contribution in [3.8, 4) is 0 Å². The topological polar surface area (TPSA) is 77.8 Å². The van der Waals surface area contributed by atoms with Gasteiger partial charge in [-0.15, -0.1) is 0 Å². The Morgan fingerprint density at radius 1 is 1.20 bits per heavy atom. The minimum atomic E-state index is -0.893. The summed E-state index contributed by atoms with van der Waals surface area (Å²) in [5.74, 6) is -1.77. The molecule has 3 rings (SSSR count). The summed E-state index contributed by atoms with van der Waals surface area (Å²) in [7, 11) is 0. The number of nitrogen functional groups attached to an aromatic ring is 1. The highest BCUT2D eigenvalue weighted by atomic mass is 19.2. The van der Waals surface area contributed by atoms with Gasteiger partial charge in [-0.25, -0.2) is 18.4 Å². The second-order valence-corrected chi connectivity index (χ2v) is 4.45. The normalized spacial score (nSPS) is 11.2. The minimum absolute atomic E-state index is 0.324. The van der Waals surface area contributed by atoms with Crippen LogP contribution >= 0.6 is 0 Å². The van der Waals surface area contributed by atoms with Gasteiger partial charge in [-0.05, 0) is 34.9 Å². The van der Waals surface area contributed by atoms with Crippen molar-refractivity contribution < 1.29 is 13.4 Å². The summed E-state index contributed by atoms with van der Waals surface area (Å²) in [6.07, 6.45) is 0.324. The third-order valence-corrected chi connectivity index (χ3v) is 3.13. The molecule has 7 heteroatoms. The Labute approximate surface area is 112 Å². The van der Waals surface area contributed by atoms with Crippen LogP contribution in [0, 0.1) is 18.6 Å². The molecule has 3 aromatic rings. The zero-order chi connectivity index (χ0) is 14.3. The summed E-state index contributed by atoms with van der Waals surface area (Å²) in [5.41, 5.74) is 9.03. The average Bonchev–Trinajstić information content (AvgIpc) is 2.87. The molecule has 0 aliphatic carbocycles. The molecular formula is C13H10F2N4O. The fourth-order valence-corrected chi connectivity index (χ4v) is 2.07. The van der Waals surface area contributed by atoms with Gasteiger partial charge in [0, 0.05) is 17.7 Å². The number of pyridine rings is 1. The lowest BCUT2D eigenvalue weighted by Crippen LogP contribution is -2.03. The number of fused-ring (bicyclic) bond motifs is 1. The molecule has 20 heavy (non-hydrogen) atoms. The van der Waals surface area contributed by atoms with Crippen molar-refractivity contribution >= 4 is 16.9 Å². The number of nitrogens with two attached hydrogens (primary N) is 1. The molecule has 0 unspecified atom stereocenters. The van der Waals surface area contributed by atoms with Crippen LogP contribution in [0.3, 0.4) is 0 Å². The van der Waals surface area contributed by atoms with Crippen LogP contribution in [0.2, 0.25) is 0 Å². The molecule has 0 aliphatic rings. The van der Waals surface area contributed by atoms with Gasteiger partial charge in [-0.1, -0.05) is 6.07 Å². The SMILES string of the molecule is Cc1nc2nonc2c(N)c1Cc1ccc(F)c(F)c1. The second-order valence-electron chi connectivity index (χ2n) is 4.45. The predicted octanol–water partition coefficient (Wildman–Crippen LogP) is 2.38. The molecule has 0 radical (unpaired) electrons. The van der Waals surface area contributed by atoms with Crippen LogP contribution in [0.1, 0.15) is 16.8 Å². The lowest BCUT2D eigenvalue weighted by atomic mass is 10.0. The van der Waals surface area contributed by atoms with E-state index in [1.807, 2.05) is 0 Å². The molecule has 0 saturated carbocycles. The summed E-state index contributed by atoms with van der Waals surface area (Å²) in [6.45, 7) is 1.76. The molecule has 2 aromatic heterocycles. The maximum absolute atomic E-state index is 13.2. The van der Waals surface area contributed by atoms with Gasteiger partial charge in [0.05, 0.1) is 5.69 Å². The number of hydrogen-bond donors (Lipinski definition) is 1. The number of rotatable bonds is 2. The fraction of sp³-hybridized carbons (Fsp3) is 0.154. The zero-order valence-corrected chi connectivity index (χ0v) is 10.5. The van der Waals surface area contributed by atoms with Gasteiger partial charge in [0.25, 0.3) is 0 Å². The Morgan fingerprint density at radius 2 is 2.00 bits per heavy atom. The van der Waals surface area contributed by atoms with Gasteiger partial charge in [0.1, 0.15) is 0 Å². The number of halogens is 2. The molecule has 0 spiro atoms. The van der Waals surface area contributed by atoms with E-state index < -0.39 is 11.6 Å². The quantitative estimate of drug-likeness (QED) is 0.777. The van der Waals surface area contributed by atoms with Crippen molar-refractivity contribution in [2.45, 2.75) is 13.3 Å². The largest absolute Gasteiger partial charge is 0.396 e. The minimum Gasteiger partial charge on any atom is -0.396 e. The average molecular weight is 276 g/mol. The van der Waals surface area contributed by atoms with Crippen molar-refractivity contribution in [2.75, 3.05) is 5.73 Å². The first-order valence-corrected chi connectivity index (χ1v) is 5.87. The molecule has 0 bridgehead atoms. The molecule has 0 amide bonds. The molecular weight excluding hydrogens is 266 g/mol. The summed E-state index contributed by atoms with van der Waals surface area (Å²) < 4.78 is 30.7. The smallest absolute Gasteiger partial charge is 0.226 e. The third kappa shape index (κ3) is 1.97. The molecule has 2 heterocycles. The van der Waals surface area contributed by atoms with E-state index >= 15 is 0 Å². The van der Waals surface area contributed by atoms with E-state index in [1.165, 1.54) is 6.07 Å². The molecule has 5 nitrogen and oxygen atoms in total. The maximum Gasteiger partial charge on any atom is 0.226 e. The van der Waals surface area contributed by atoms with Crippen LogP contribution in [-0.2, 0) is 6.42 Å². The molecule has 1 aromatic carbocycles. The van der Waals surface area contributed by atoms with E-state index in [0.29, 0.717) is 40.1 Å². The number of hydrogen-bond acceptors (Lipinski definition) is 5. The second kappa shape index (κ2) is 4.52. The fourth-order valence-electron chi connectivity index (χ4n) is 2.07. The molecule has 0 fully saturated rings. The first kappa shape index (κ1) is 12.5. The van der Waals surface area contributed by atoms with Crippen LogP contribution in [0.15, 0.2) is 22.8 Å². The van der Waals surface area contributed by atoms with E-state index in [1.54, 1.807) is 6.92 Å². The molecule has 0 saturated heterocycles. The summed E-state index contributed by atoms with van der Waals surface area (Å²) in [6, 6.07) is 3.72. The van der Waals surface area contributed by atoms with Crippen LogP contribution in [0.5, 0.6) is 0 Å². The molecule has 0 aliphatic heterocycles. The molecule has 0 atom stereocenters. The Balaban J connectivity index is 2.07. The standard InChI is InChI=1S/C13H10F2N4O/c1-6-8(4-7-2-3-9(14)10(15)5-7)11(16)12-13(17-6)19-20-18-12/h2-3,5H,4,16H2,1H3. The van der Waals surface area contributed by atoms with E-state index in [-0.39, 0.29) is 0 Å². The summed E-state index contributed by atoms with van der Waals surface area (Å²) in [5, 5.41) is 7.31. The van der Waals surface area contributed by atoms with Gasteiger partial charge in [0.15, 0.2) is 17.2 Å². The van der Waals surface area contributed by atoms with E-state index in [0.717, 1.165) is 12.1 Å². The first-order valence-electron chi connectivity index (χ1n) is 5.87. The Kier molecular flexibility index (Phi) is 2.81. The maximum atomic E-state index is 13.2. The van der Waals surface area contributed by atoms with E-state index in [4.69, 9.17) is 5.73 Å². The van der Waals surface area contributed by atoms with Crippen molar-refractivity contribution in [1.29, 1.82) is 0 Å². The van der Waals surface area contributed by atoms with Gasteiger partial charge >= 0.3 is 0 Å². The first-order chi connectivity index (χ1) is 9.56. The van der Waals surface area contributed by atoms with Crippen LogP contribution in [0.25, 0.3) is 11.2 Å². The number of aryl methyl sites for hydroxylation is 1. The van der Waals surface area contributed by atoms with Crippen molar-refractivity contribution in [1.82, 2.24) is 15.3 Å². The number of anilines is 1. The van der Waals surface area contributed by atoms with E-state index in [9.17, 15) is 8.78 Å².